The van der Waals surface area contributed by atoms with Crippen LogP contribution in [0.3, 0.4) is 0 Å². The third-order valence-electron chi connectivity index (χ3n) is 3.49. The monoisotopic (exact) mass is 275 g/mol. The van der Waals surface area contributed by atoms with Crippen LogP contribution in [-0.4, -0.2) is 10.2 Å². The number of aromatic nitrogens is 2. The third-order valence-corrected chi connectivity index (χ3v) is 3.49. The van der Waals surface area contributed by atoms with Gasteiger partial charge < -0.3 is 4.74 Å². The molecule has 0 fully saturated rings. The molecule has 0 saturated heterocycles. The summed E-state index contributed by atoms with van der Waals surface area (Å²) >= 11 is 0. The van der Waals surface area contributed by atoms with Crippen molar-refractivity contribution < 1.29 is 4.74 Å². The van der Waals surface area contributed by atoms with Crippen molar-refractivity contribution in [3.05, 3.63) is 59.3 Å². The van der Waals surface area contributed by atoms with Crippen molar-refractivity contribution in [1.82, 2.24) is 10.2 Å². The maximum Gasteiger partial charge on any atom is 0.257 e. The molecule has 0 amide bonds. The second kappa shape index (κ2) is 5.22. The molecule has 3 rings (SSSR count). The van der Waals surface area contributed by atoms with Crippen molar-refractivity contribution in [1.29, 1.82) is 5.26 Å². The van der Waals surface area contributed by atoms with E-state index in [0.29, 0.717) is 11.3 Å². The van der Waals surface area contributed by atoms with E-state index in [1.807, 2.05) is 56.3 Å². The Morgan fingerprint density at radius 3 is 2.57 bits per heavy atom. The van der Waals surface area contributed by atoms with Crippen molar-refractivity contribution in [2.75, 3.05) is 0 Å². The maximum atomic E-state index is 9.32. The van der Waals surface area contributed by atoms with Crippen LogP contribution in [0.1, 0.15) is 16.8 Å². The minimum absolute atomic E-state index is 0.247. The first-order valence-corrected chi connectivity index (χ1v) is 6.60. The zero-order valence-corrected chi connectivity index (χ0v) is 11.8. The van der Waals surface area contributed by atoms with Crippen LogP contribution >= 0.6 is 0 Å². The summed E-state index contributed by atoms with van der Waals surface area (Å²) in [7, 11) is 0. The molecule has 4 nitrogen and oxygen atoms in total. The molecule has 3 aromatic rings. The molecule has 1 aromatic heterocycles. The van der Waals surface area contributed by atoms with Gasteiger partial charge in [-0.1, -0.05) is 36.4 Å². The van der Waals surface area contributed by atoms with Gasteiger partial charge in [0.25, 0.3) is 5.88 Å². The van der Waals surface area contributed by atoms with Gasteiger partial charge in [-0.25, -0.2) is 0 Å². The molecule has 102 valence electrons. The Kier molecular flexibility index (Phi) is 3.25. The second-order valence-corrected chi connectivity index (χ2v) is 4.78. The lowest BCUT2D eigenvalue weighted by molar-refractivity contribution is 0.457. The van der Waals surface area contributed by atoms with E-state index in [-0.39, 0.29) is 5.88 Å². The van der Waals surface area contributed by atoms with Crippen LogP contribution < -0.4 is 4.74 Å². The molecule has 0 aliphatic heterocycles. The van der Waals surface area contributed by atoms with Crippen LogP contribution in [0.15, 0.2) is 42.5 Å². The number of benzene rings is 2. The van der Waals surface area contributed by atoms with Gasteiger partial charge in [-0.3, -0.25) is 0 Å². The van der Waals surface area contributed by atoms with Gasteiger partial charge in [0.2, 0.25) is 0 Å². The third kappa shape index (κ3) is 2.30. The van der Waals surface area contributed by atoms with Gasteiger partial charge in [-0.2, -0.15) is 10.4 Å². The zero-order valence-electron chi connectivity index (χ0n) is 11.8. The van der Waals surface area contributed by atoms with Crippen LogP contribution in [0.4, 0.5) is 0 Å². The number of hydrogen-bond donors (Lipinski definition) is 0. The lowest BCUT2D eigenvalue weighted by Crippen LogP contribution is -2.00. The van der Waals surface area contributed by atoms with Crippen LogP contribution in [-0.2, 0) is 0 Å². The van der Waals surface area contributed by atoms with Gasteiger partial charge in [0.1, 0.15) is 17.4 Å². The van der Waals surface area contributed by atoms with Crippen molar-refractivity contribution in [2.24, 2.45) is 0 Å². The van der Waals surface area contributed by atoms with E-state index in [4.69, 9.17) is 4.74 Å². The molecule has 0 radical (unpaired) electrons. The normalized spacial score (nSPS) is 10.3. The molecule has 0 bridgehead atoms. The average molecular weight is 275 g/mol. The van der Waals surface area contributed by atoms with E-state index in [9.17, 15) is 5.26 Å². The molecule has 0 aliphatic rings. The number of nitrogens with zero attached hydrogens (tertiary/aromatic N) is 3. The summed E-state index contributed by atoms with van der Waals surface area (Å²) in [6.07, 6.45) is 0. The summed E-state index contributed by atoms with van der Waals surface area (Å²) in [5.74, 6) is 0.916. The lowest BCUT2D eigenvalue weighted by Gasteiger charge is -2.10. The van der Waals surface area contributed by atoms with Crippen LogP contribution in [0.5, 0.6) is 11.6 Å². The van der Waals surface area contributed by atoms with Gasteiger partial charge in [-0.15, -0.1) is 5.10 Å². The molecular formula is C17H13N3O. The van der Waals surface area contributed by atoms with E-state index in [1.165, 1.54) is 0 Å². The predicted octanol–water partition coefficient (Wildman–Crippen LogP) is 3.91. The van der Waals surface area contributed by atoms with E-state index < -0.39 is 0 Å². The molecule has 4 heteroatoms. The van der Waals surface area contributed by atoms with E-state index >= 15 is 0 Å². The number of rotatable bonds is 2. The van der Waals surface area contributed by atoms with Crippen molar-refractivity contribution in [2.45, 2.75) is 13.8 Å². The Morgan fingerprint density at radius 1 is 1.00 bits per heavy atom. The predicted molar refractivity (Wildman–Crippen MR) is 80.2 cm³/mol. The summed E-state index contributed by atoms with van der Waals surface area (Å²) in [4.78, 5) is 0. The fourth-order valence-corrected chi connectivity index (χ4v) is 2.18. The Bertz CT molecular complexity index is 860. The molecule has 1 heterocycles. The average Bonchev–Trinajstić information content (AvgIpc) is 2.52. The minimum atomic E-state index is 0.247. The molecule has 21 heavy (non-hydrogen) atoms. The fraction of sp³-hybridized carbons (Fsp3) is 0.118. The van der Waals surface area contributed by atoms with Crippen LogP contribution in [0.2, 0.25) is 0 Å². The van der Waals surface area contributed by atoms with E-state index in [1.54, 1.807) is 0 Å². The van der Waals surface area contributed by atoms with Gasteiger partial charge >= 0.3 is 0 Å². The van der Waals surface area contributed by atoms with Gasteiger partial charge in [-0.05, 0) is 30.9 Å². The lowest BCUT2D eigenvalue weighted by atomic mass is 10.1. The number of nitriles is 1. The molecule has 0 saturated carbocycles. The molecule has 0 spiro atoms. The standard InChI is InChI=1S/C17H13N3O/c1-11-12(2)19-20-17(15(11)10-18)21-16-9-5-7-13-6-3-4-8-14(13)16/h3-9H,1-2H3. The molecule has 0 N–H and O–H groups in total. The first-order chi connectivity index (χ1) is 10.2. The van der Waals surface area contributed by atoms with Crippen molar-refractivity contribution >= 4 is 10.8 Å². The first-order valence-electron chi connectivity index (χ1n) is 6.60. The topological polar surface area (TPSA) is 58.8 Å². The van der Waals surface area contributed by atoms with Gasteiger partial charge in [0, 0.05) is 5.39 Å². The summed E-state index contributed by atoms with van der Waals surface area (Å²) in [5, 5.41) is 19.4. The Labute approximate surface area is 122 Å². The van der Waals surface area contributed by atoms with E-state index in [0.717, 1.165) is 22.0 Å². The van der Waals surface area contributed by atoms with Crippen LogP contribution in [0.25, 0.3) is 10.8 Å². The summed E-state index contributed by atoms with van der Waals surface area (Å²) in [6, 6.07) is 15.9. The number of ether oxygens (including phenoxy) is 1. The Balaban J connectivity index is 2.12. The Hall–Kier alpha value is -2.93. The summed E-state index contributed by atoms with van der Waals surface area (Å²) in [5.41, 5.74) is 1.95. The maximum absolute atomic E-state index is 9.32. The van der Waals surface area contributed by atoms with Gasteiger partial charge in [0.15, 0.2) is 0 Å². The van der Waals surface area contributed by atoms with Crippen molar-refractivity contribution in [3.8, 4) is 17.7 Å². The molecule has 0 atom stereocenters. The zero-order chi connectivity index (χ0) is 14.8. The smallest absolute Gasteiger partial charge is 0.257 e. The SMILES string of the molecule is Cc1nnc(Oc2cccc3ccccc23)c(C#N)c1C. The number of aryl methyl sites for hydroxylation is 1. The summed E-state index contributed by atoms with van der Waals surface area (Å²) < 4.78 is 5.85. The largest absolute Gasteiger partial charge is 0.436 e. The van der Waals surface area contributed by atoms with Crippen LogP contribution in [0, 0.1) is 25.2 Å². The quantitative estimate of drug-likeness (QED) is 0.711. The highest BCUT2D eigenvalue weighted by Gasteiger charge is 2.13. The molecule has 0 unspecified atom stereocenters. The number of hydrogen-bond acceptors (Lipinski definition) is 4. The van der Waals surface area contributed by atoms with Gasteiger partial charge in [0.05, 0.1) is 5.69 Å². The molecular weight excluding hydrogens is 262 g/mol. The first kappa shape index (κ1) is 13.1. The Morgan fingerprint density at radius 2 is 1.76 bits per heavy atom. The minimum Gasteiger partial charge on any atom is -0.436 e. The second-order valence-electron chi connectivity index (χ2n) is 4.78. The molecule has 0 aliphatic carbocycles. The van der Waals surface area contributed by atoms with Crippen molar-refractivity contribution in [3.63, 3.8) is 0 Å². The highest BCUT2D eigenvalue weighted by atomic mass is 16.5. The van der Waals surface area contributed by atoms with E-state index in [2.05, 4.69) is 16.3 Å². The number of fused-ring (bicyclic) bond motifs is 1. The highest BCUT2D eigenvalue weighted by Crippen LogP contribution is 2.31. The highest BCUT2D eigenvalue weighted by molar-refractivity contribution is 5.88. The molecule has 2 aromatic carbocycles. The fourth-order valence-electron chi connectivity index (χ4n) is 2.18. The summed E-state index contributed by atoms with van der Waals surface area (Å²) in [6.45, 7) is 3.67.